The zero-order chi connectivity index (χ0) is 16.5. The van der Waals surface area contributed by atoms with Crippen molar-refractivity contribution < 1.29 is 9.53 Å². The average Bonchev–Trinajstić information content (AvgIpc) is 3.27. The van der Waals surface area contributed by atoms with Crippen LogP contribution in [0.3, 0.4) is 0 Å². The molecule has 1 saturated heterocycles. The van der Waals surface area contributed by atoms with Gasteiger partial charge < -0.3 is 9.64 Å². The highest BCUT2D eigenvalue weighted by Gasteiger charge is 2.33. The number of nitrogens with zero attached hydrogens (tertiary/aromatic N) is 4. The lowest BCUT2D eigenvalue weighted by Gasteiger charge is -2.23. The lowest BCUT2D eigenvalue weighted by Crippen LogP contribution is -2.31. The number of benzene rings is 1. The van der Waals surface area contributed by atoms with E-state index in [0.717, 1.165) is 36.6 Å². The molecule has 0 aliphatic carbocycles. The Hall–Kier alpha value is -2.89. The van der Waals surface area contributed by atoms with Crippen molar-refractivity contribution in [3.8, 4) is 5.75 Å². The maximum absolute atomic E-state index is 12.9. The molecule has 1 amide bonds. The first-order chi connectivity index (χ1) is 11.8. The molecule has 2 aromatic heterocycles. The van der Waals surface area contributed by atoms with Gasteiger partial charge in [0.05, 0.1) is 13.2 Å². The average molecular weight is 322 g/mol. The highest BCUT2D eigenvalue weighted by atomic mass is 16.5. The summed E-state index contributed by atoms with van der Waals surface area (Å²) in [6.07, 6.45) is 3.81. The van der Waals surface area contributed by atoms with Crippen LogP contribution in [0.1, 0.15) is 35.1 Å². The van der Waals surface area contributed by atoms with Crippen molar-refractivity contribution in [1.82, 2.24) is 19.5 Å². The summed E-state index contributed by atoms with van der Waals surface area (Å²) < 4.78 is 7.12. The molecule has 6 nitrogen and oxygen atoms in total. The number of pyridine rings is 1. The van der Waals surface area contributed by atoms with E-state index in [1.165, 1.54) is 0 Å². The quantitative estimate of drug-likeness (QED) is 0.744. The van der Waals surface area contributed by atoms with Crippen molar-refractivity contribution in [2.75, 3.05) is 13.7 Å². The molecule has 24 heavy (non-hydrogen) atoms. The second-order valence-corrected chi connectivity index (χ2v) is 5.87. The predicted octanol–water partition coefficient (Wildman–Crippen LogP) is 2.72. The summed E-state index contributed by atoms with van der Waals surface area (Å²) in [5.74, 6) is 1.59. The van der Waals surface area contributed by atoms with Gasteiger partial charge >= 0.3 is 0 Å². The molecule has 1 aliphatic rings. The van der Waals surface area contributed by atoms with E-state index >= 15 is 0 Å². The monoisotopic (exact) mass is 322 g/mol. The Balaban J connectivity index is 1.65. The van der Waals surface area contributed by atoms with E-state index in [1.54, 1.807) is 19.2 Å². The summed E-state index contributed by atoms with van der Waals surface area (Å²) in [7, 11) is 1.61. The number of fused-ring (bicyclic) bond motifs is 1. The van der Waals surface area contributed by atoms with Crippen molar-refractivity contribution in [3.05, 3.63) is 60.0 Å². The van der Waals surface area contributed by atoms with Crippen molar-refractivity contribution in [3.63, 3.8) is 0 Å². The van der Waals surface area contributed by atoms with Gasteiger partial charge in [0.15, 0.2) is 11.5 Å². The molecule has 0 radical (unpaired) electrons. The summed E-state index contributed by atoms with van der Waals surface area (Å²) in [4.78, 5) is 14.8. The molecule has 0 bridgehead atoms. The Morgan fingerprint density at radius 3 is 2.79 bits per heavy atom. The molecular weight excluding hydrogens is 304 g/mol. The summed E-state index contributed by atoms with van der Waals surface area (Å²) in [5, 5.41) is 8.54. The standard InChI is InChI=1S/C18H18N4O2/c1-24-14-9-7-13(8-10-14)18(23)21-12-4-5-15(21)17-20-19-16-6-2-3-11-22(16)17/h2-3,6-11,15H,4-5,12H2,1H3/t15-/m0/s1. The van der Waals surface area contributed by atoms with E-state index in [-0.39, 0.29) is 11.9 Å². The van der Waals surface area contributed by atoms with Gasteiger partial charge in [-0.1, -0.05) is 6.07 Å². The van der Waals surface area contributed by atoms with Crippen molar-refractivity contribution >= 4 is 11.6 Å². The number of aromatic nitrogens is 3. The van der Waals surface area contributed by atoms with Gasteiger partial charge in [-0.3, -0.25) is 9.20 Å². The van der Waals surface area contributed by atoms with Crippen molar-refractivity contribution in [2.24, 2.45) is 0 Å². The highest BCUT2D eigenvalue weighted by molar-refractivity contribution is 5.94. The summed E-state index contributed by atoms with van der Waals surface area (Å²) in [6, 6.07) is 13.0. The lowest BCUT2D eigenvalue weighted by atomic mass is 10.1. The zero-order valence-corrected chi connectivity index (χ0v) is 13.4. The minimum atomic E-state index is -0.0444. The number of rotatable bonds is 3. The van der Waals surface area contributed by atoms with Gasteiger partial charge in [0, 0.05) is 18.3 Å². The van der Waals surface area contributed by atoms with Crippen molar-refractivity contribution in [1.29, 1.82) is 0 Å². The van der Waals surface area contributed by atoms with Crippen LogP contribution in [0.2, 0.25) is 0 Å². The third kappa shape index (κ3) is 2.40. The minimum absolute atomic E-state index is 0.0211. The molecule has 4 rings (SSSR count). The largest absolute Gasteiger partial charge is 0.497 e. The zero-order valence-electron chi connectivity index (χ0n) is 13.4. The maximum Gasteiger partial charge on any atom is 0.254 e. The molecule has 3 heterocycles. The van der Waals surface area contributed by atoms with Crippen LogP contribution in [-0.2, 0) is 0 Å². The second kappa shape index (κ2) is 5.96. The first-order valence-corrected chi connectivity index (χ1v) is 8.02. The van der Waals surface area contributed by atoms with E-state index in [9.17, 15) is 4.79 Å². The van der Waals surface area contributed by atoms with Gasteiger partial charge in [0.1, 0.15) is 5.75 Å². The Bertz CT molecular complexity index is 872. The number of likely N-dealkylation sites (tertiary alicyclic amines) is 1. The van der Waals surface area contributed by atoms with Gasteiger partial charge in [-0.2, -0.15) is 0 Å². The molecule has 0 saturated carbocycles. The van der Waals surface area contributed by atoms with Gasteiger partial charge in [-0.25, -0.2) is 0 Å². The molecule has 122 valence electrons. The first-order valence-electron chi connectivity index (χ1n) is 8.02. The van der Waals surface area contributed by atoms with Crippen molar-refractivity contribution in [2.45, 2.75) is 18.9 Å². The summed E-state index contributed by atoms with van der Waals surface area (Å²) >= 11 is 0. The van der Waals surface area contributed by atoms with Gasteiger partial charge in [-0.05, 0) is 49.2 Å². The molecule has 1 atom stereocenters. The fourth-order valence-electron chi connectivity index (χ4n) is 3.26. The molecule has 1 aliphatic heterocycles. The summed E-state index contributed by atoms with van der Waals surface area (Å²) in [5.41, 5.74) is 1.47. The van der Waals surface area contributed by atoms with Gasteiger partial charge in [0.2, 0.25) is 0 Å². The number of hydrogen-bond acceptors (Lipinski definition) is 4. The lowest BCUT2D eigenvalue weighted by molar-refractivity contribution is 0.0729. The number of carbonyl (C=O) groups excluding carboxylic acids is 1. The topological polar surface area (TPSA) is 59.7 Å². The smallest absolute Gasteiger partial charge is 0.254 e. The first kappa shape index (κ1) is 14.7. The van der Waals surface area contributed by atoms with Gasteiger partial charge in [-0.15, -0.1) is 10.2 Å². The third-order valence-electron chi connectivity index (χ3n) is 4.49. The number of methoxy groups -OCH3 is 1. The van der Waals surface area contributed by atoms with E-state index in [0.29, 0.717) is 5.56 Å². The van der Waals surface area contributed by atoms with Crippen LogP contribution >= 0.6 is 0 Å². The fourth-order valence-corrected chi connectivity index (χ4v) is 3.26. The van der Waals surface area contributed by atoms with E-state index in [1.807, 2.05) is 45.8 Å². The SMILES string of the molecule is COc1ccc(C(=O)N2CCC[C@H]2c2nnc3ccccn23)cc1. The van der Waals surface area contributed by atoms with Crippen LogP contribution < -0.4 is 4.74 Å². The van der Waals surface area contributed by atoms with Gasteiger partial charge in [0.25, 0.3) is 5.91 Å². The van der Waals surface area contributed by atoms with Crippen LogP contribution in [-0.4, -0.2) is 39.1 Å². The van der Waals surface area contributed by atoms with Crippen LogP contribution in [0.15, 0.2) is 48.7 Å². The molecule has 3 aromatic rings. The molecule has 0 spiro atoms. The van der Waals surface area contributed by atoms with Crippen LogP contribution in [0.4, 0.5) is 0 Å². The molecule has 0 N–H and O–H groups in total. The second-order valence-electron chi connectivity index (χ2n) is 5.87. The Morgan fingerprint density at radius 1 is 1.17 bits per heavy atom. The highest BCUT2D eigenvalue weighted by Crippen LogP contribution is 2.32. The normalized spacial score (nSPS) is 17.4. The minimum Gasteiger partial charge on any atom is -0.497 e. The molecule has 1 fully saturated rings. The maximum atomic E-state index is 12.9. The Labute approximate surface area is 139 Å². The van der Waals surface area contributed by atoms with Crippen LogP contribution in [0, 0.1) is 0 Å². The predicted molar refractivity (Wildman–Crippen MR) is 89.0 cm³/mol. The van der Waals surface area contributed by atoms with Crippen LogP contribution in [0.5, 0.6) is 5.75 Å². The molecule has 1 aromatic carbocycles. The number of carbonyl (C=O) groups is 1. The molecule has 6 heteroatoms. The molecule has 0 unspecified atom stereocenters. The molecular formula is C18H18N4O2. The van der Waals surface area contributed by atoms with E-state index < -0.39 is 0 Å². The van der Waals surface area contributed by atoms with E-state index in [4.69, 9.17) is 4.74 Å². The fraction of sp³-hybridized carbons (Fsp3) is 0.278. The van der Waals surface area contributed by atoms with E-state index in [2.05, 4.69) is 10.2 Å². The summed E-state index contributed by atoms with van der Waals surface area (Å²) in [6.45, 7) is 0.733. The Morgan fingerprint density at radius 2 is 2.00 bits per heavy atom. The third-order valence-corrected chi connectivity index (χ3v) is 4.49. The number of hydrogen-bond donors (Lipinski definition) is 0. The Kier molecular flexibility index (Phi) is 3.65. The number of ether oxygens (including phenoxy) is 1. The van der Waals surface area contributed by atoms with Crippen LogP contribution in [0.25, 0.3) is 5.65 Å². The number of amides is 1.